The van der Waals surface area contributed by atoms with Crippen LogP contribution in [0.3, 0.4) is 0 Å². The fourth-order valence-electron chi connectivity index (χ4n) is 2.29. The van der Waals surface area contributed by atoms with Gasteiger partial charge in [0, 0.05) is 15.4 Å². The van der Waals surface area contributed by atoms with Gasteiger partial charge in [0.15, 0.2) is 0 Å². The summed E-state index contributed by atoms with van der Waals surface area (Å²) in [6.45, 7) is 6.11. The van der Waals surface area contributed by atoms with Crippen molar-refractivity contribution in [3.05, 3.63) is 45.1 Å². The van der Waals surface area contributed by atoms with Gasteiger partial charge in [0.2, 0.25) is 0 Å². The quantitative estimate of drug-likeness (QED) is 0.850. The molecule has 3 N–H and O–H groups in total. The van der Waals surface area contributed by atoms with Crippen molar-refractivity contribution in [1.29, 1.82) is 0 Å². The van der Waals surface area contributed by atoms with Gasteiger partial charge < -0.3 is 15.8 Å². The molecule has 4 nitrogen and oxygen atoms in total. The van der Waals surface area contributed by atoms with Crippen LogP contribution in [0.4, 0.5) is 5.69 Å². The Morgan fingerprint density at radius 1 is 1.33 bits per heavy atom. The summed E-state index contributed by atoms with van der Waals surface area (Å²) in [7, 11) is 1.56. The second kappa shape index (κ2) is 6.18. The van der Waals surface area contributed by atoms with Crippen molar-refractivity contribution in [2.75, 3.05) is 12.8 Å². The molecule has 0 saturated heterocycles. The summed E-state index contributed by atoms with van der Waals surface area (Å²) in [6, 6.07) is 7.12. The number of ether oxygens (including phenoxy) is 1. The average Bonchev–Trinajstić information content (AvgIpc) is 2.78. The summed E-state index contributed by atoms with van der Waals surface area (Å²) in [4.78, 5) is 14.9. The van der Waals surface area contributed by atoms with Crippen LogP contribution in [0.15, 0.2) is 24.3 Å². The zero-order valence-electron chi connectivity index (χ0n) is 12.7. The standard InChI is InChI=1S/C16H20N2O2S/c1-9-7-13(11(3)21-9)10(2)18-16(19)14-8-12(20-4)5-6-15(14)17/h5-8,10H,17H2,1-4H3,(H,18,19). The van der Waals surface area contributed by atoms with Crippen molar-refractivity contribution in [1.82, 2.24) is 5.32 Å². The summed E-state index contributed by atoms with van der Waals surface area (Å²) >= 11 is 1.73. The minimum atomic E-state index is -0.192. The zero-order valence-corrected chi connectivity index (χ0v) is 13.5. The predicted octanol–water partition coefficient (Wildman–Crippen LogP) is 3.45. The number of methoxy groups -OCH3 is 1. The molecule has 0 aliphatic carbocycles. The van der Waals surface area contributed by atoms with E-state index in [1.54, 1.807) is 36.6 Å². The molecule has 112 valence electrons. The van der Waals surface area contributed by atoms with Crippen LogP contribution in [0.1, 0.15) is 38.6 Å². The Bertz CT molecular complexity index is 664. The number of nitrogens with one attached hydrogen (secondary N) is 1. The largest absolute Gasteiger partial charge is 0.497 e. The number of carbonyl (C=O) groups excluding carboxylic acids is 1. The second-order valence-corrected chi connectivity index (χ2v) is 6.48. The van der Waals surface area contributed by atoms with E-state index in [-0.39, 0.29) is 11.9 Å². The summed E-state index contributed by atoms with van der Waals surface area (Å²) in [5.74, 6) is 0.423. The average molecular weight is 304 g/mol. The van der Waals surface area contributed by atoms with E-state index in [2.05, 4.69) is 25.2 Å². The van der Waals surface area contributed by atoms with E-state index in [1.807, 2.05) is 6.92 Å². The molecule has 0 aliphatic heterocycles. The molecular formula is C16H20N2O2S. The van der Waals surface area contributed by atoms with Crippen molar-refractivity contribution >= 4 is 22.9 Å². The lowest BCUT2D eigenvalue weighted by molar-refractivity contribution is 0.0940. The number of nitrogen functional groups attached to an aromatic ring is 1. The molecule has 1 amide bonds. The first-order chi connectivity index (χ1) is 9.92. The number of nitrogens with two attached hydrogens (primary N) is 1. The number of carbonyl (C=O) groups is 1. The Labute approximate surface area is 128 Å². The molecule has 1 aromatic heterocycles. The number of amides is 1. The highest BCUT2D eigenvalue weighted by molar-refractivity contribution is 7.12. The lowest BCUT2D eigenvalue weighted by Crippen LogP contribution is -2.27. The molecule has 0 spiro atoms. The first-order valence-corrected chi connectivity index (χ1v) is 7.55. The number of benzene rings is 1. The van der Waals surface area contributed by atoms with Gasteiger partial charge in [-0.25, -0.2) is 0 Å². The van der Waals surface area contributed by atoms with Gasteiger partial charge in [-0.05, 0) is 50.6 Å². The molecule has 1 heterocycles. The lowest BCUT2D eigenvalue weighted by Gasteiger charge is -2.15. The number of rotatable bonds is 4. The molecule has 2 aromatic rings. The Morgan fingerprint density at radius 3 is 2.62 bits per heavy atom. The van der Waals surface area contributed by atoms with Crippen LogP contribution in [0.5, 0.6) is 5.75 Å². The summed E-state index contributed by atoms with van der Waals surface area (Å²) < 4.78 is 5.14. The molecule has 0 radical (unpaired) electrons. The predicted molar refractivity (Wildman–Crippen MR) is 87.1 cm³/mol. The number of hydrogen-bond acceptors (Lipinski definition) is 4. The van der Waals surface area contributed by atoms with Crippen molar-refractivity contribution in [3.8, 4) is 5.75 Å². The Kier molecular flexibility index (Phi) is 4.53. The summed E-state index contributed by atoms with van der Waals surface area (Å²) in [6.07, 6.45) is 0. The second-order valence-electron chi connectivity index (χ2n) is 5.02. The van der Waals surface area contributed by atoms with Gasteiger partial charge >= 0.3 is 0 Å². The molecule has 0 fully saturated rings. The number of hydrogen-bond donors (Lipinski definition) is 2. The third kappa shape index (κ3) is 3.36. The molecule has 0 aliphatic rings. The minimum absolute atomic E-state index is 0.0620. The van der Waals surface area contributed by atoms with Gasteiger partial charge in [-0.15, -0.1) is 11.3 Å². The fourth-order valence-corrected chi connectivity index (χ4v) is 3.31. The lowest BCUT2D eigenvalue weighted by atomic mass is 10.1. The smallest absolute Gasteiger partial charge is 0.253 e. The van der Waals surface area contributed by atoms with Crippen LogP contribution in [0.2, 0.25) is 0 Å². The molecular weight excluding hydrogens is 284 g/mol. The maximum Gasteiger partial charge on any atom is 0.253 e. The van der Waals surface area contributed by atoms with E-state index < -0.39 is 0 Å². The van der Waals surface area contributed by atoms with E-state index in [0.29, 0.717) is 17.0 Å². The minimum Gasteiger partial charge on any atom is -0.497 e. The first-order valence-electron chi connectivity index (χ1n) is 6.73. The molecule has 0 bridgehead atoms. The SMILES string of the molecule is COc1ccc(N)c(C(=O)NC(C)c2cc(C)sc2C)c1. The highest BCUT2D eigenvalue weighted by atomic mass is 32.1. The number of thiophene rings is 1. The topological polar surface area (TPSA) is 64.3 Å². The number of anilines is 1. The van der Waals surface area contributed by atoms with Gasteiger partial charge in [0.05, 0.1) is 18.7 Å². The Balaban J connectivity index is 2.20. The van der Waals surface area contributed by atoms with E-state index >= 15 is 0 Å². The van der Waals surface area contributed by atoms with Crippen LogP contribution < -0.4 is 15.8 Å². The maximum atomic E-state index is 12.4. The van der Waals surface area contributed by atoms with Crippen molar-refractivity contribution in [2.45, 2.75) is 26.8 Å². The van der Waals surface area contributed by atoms with Gasteiger partial charge in [-0.3, -0.25) is 4.79 Å². The summed E-state index contributed by atoms with van der Waals surface area (Å²) in [5.41, 5.74) is 7.90. The Hall–Kier alpha value is -2.01. The van der Waals surface area contributed by atoms with Crippen molar-refractivity contribution < 1.29 is 9.53 Å². The van der Waals surface area contributed by atoms with E-state index in [4.69, 9.17) is 10.5 Å². The van der Waals surface area contributed by atoms with Gasteiger partial charge in [0.1, 0.15) is 5.75 Å². The van der Waals surface area contributed by atoms with Crippen LogP contribution in [-0.2, 0) is 0 Å². The van der Waals surface area contributed by atoms with Crippen LogP contribution in [0, 0.1) is 13.8 Å². The molecule has 1 unspecified atom stereocenters. The highest BCUT2D eigenvalue weighted by Crippen LogP contribution is 2.27. The van der Waals surface area contributed by atoms with Crippen LogP contribution in [-0.4, -0.2) is 13.0 Å². The van der Waals surface area contributed by atoms with Crippen molar-refractivity contribution in [3.63, 3.8) is 0 Å². The van der Waals surface area contributed by atoms with Gasteiger partial charge in [-0.2, -0.15) is 0 Å². The van der Waals surface area contributed by atoms with Gasteiger partial charge in [-0.1, -0.05) is 0 Å². The van der Waals surface area contributed by atoms with E-state index in [1.165, 1.54) is 9.75 Å². The third-order valence-corrected chi connectivity index (χ3v) is 4.38. The van der Waals surface area contributed by atoms with Crippen LogP contribution >= 0.6 is 11.3 Å². The number of aryl methyl sites for hydroxylation is 2. The molecule has 1 atom stereocenters. The molecule has 0 saturated carbocycles. The first kappa shape index (κ1) is 15.4. The third-order valence-electron chi connectivity index (χ3n) is 3.40. The molecule has 21 heavy (non-hydrogen) atoms. The normalized spacial score (nSPS) is 12.0. The maximum absolute atomic E-state index is 12.4. The monoisotopic (exact) mass is 304 g/mol. The molecule has 5 heteroatoms. The highest BCUT2D eigenvalue weighted by Gasteiger charge is 2.17. The Morgan fingerprint density at radius 2 is 2.05 bits per heavy atom. The van der Waals surface area contributed by atoms with Crippen molar-refractivity contribution in [2.24, 2.45) is 0 Å². The van der Waals surface area contributed by atoms with Crippen LogP contribution in [0.25, 0.3) is 0 Å². The molecule has 2 rings (SSSR count). The van der Waals surface area contributed by atoms with E-state index in [9.17, 15) is 4.79 Å². The fraction of sp³-hybridized carbons (Fsp3) is 0.312. The zero-order chi connectivity index (χ0) is 15.6. The van der Waals surface area contributed by atoms with E-state index in [0.717, 1.165) is 5.56 Å². The van der Waals surface area contributed by atoms with Gasteiger partial charge in [0.25, 0.3) is 5.91 Å². The summed E-state index contributed by atoms with van der Waals surface area (Å²) in [5, 5.41) is 2.99. The molecule has 1 aromatic carbocycles.